The maximum Gasteiger partial charge on any atom is 0.225 e. The molecule has 3 heteroatoms. The maximum absolute atomic E-state index is 12.2. The van der Waals surface area contributed by atoms with Gasteiger partial charge in [-0.2, -0.15) is 0 Å². The Balaban J connectivity index is 1.69. The van der Waals surface area contributed by atoms with E-state index < -0.39 is 0 Å². The van der Waals surface area contributed by atoms with Crippen LogP contribution in [0.25, 0.3) is 0 Å². The third kappa shape index (κ3) is 1.97. The first-order chi connectivity index (χ1) is 7.86. The summed E-state index contributed by atoms with van der Waals surface area (Å²) in [5.74, 6) is 0.848. The molecular formula is C13H22N2O. The summed E-state index contributed by atoms with van der Waals surface area (Å²) in [6.45, 7) is 2.16. The average molecular weight is 222 g/mol. The molecule has 0 aromatic carbocycles. The van der Waals surface area contributed by atoms with E-state index >= 15 is 0 Å². The fraction of sp³-hybridized carbons (Fsp3) is 0.923. The van der Waals surface area contributed by atoms with Crippen LogP contribution in [0.15, 0.2) is 0 Å². The number of piperidine rings is 1. The van der Waals surface area contributed by atoms with Gasteiger partial charge in [-0.05, 0) is 51.5 Å². The van der Waals surface area contributed by atoms with Crippen LogP contribution in [0.2, 0.25) is 0 Å². The molecule has 3 aliphatic rings. The van der Waals surface area contributed by atoms with Crippen LogP contribution >= 0.6 is 0 Å². The summed E-state index contributed by atoms with van der Waals surface area (Å²) in [5.41, 5.74) is 0. The van der Waals surface area contributed by atoms with Gasteiger partial charge < -0.3 is 10.2 Å². The number of amides is 1. The molecule has 0 aromatic rings. The van der Waals surface area contributed by atoms with Gasteiger partial charge in [0.15, 0.2) is 0 Å². The fourth-order valence-electron chi connectivity index (χ4n) is 3.25. The van der Waals surface area contributed by atoms with Gasteiger partial charge in [0.05, 0.1) is 0 Å². The Morgan fingerprint density at radius 1 is 1.06 bits per heavy atom. The van der Waals surface area contributed by atoms with E-state index in [4.69, 9.17) is 0 Å². The maximum atomic E-state index is 12.2. The predicted molar refractivity (Wildman–Crippen MR) is 63.1 cm³/mol. The largest absolute Gasteiger partial charge is 0.338 e. The Labute approximate surface area is 97.6 Å². The zero-order valence-corrected chi connectivity index (χ0v) is 9.95. The number of likely N-dealkylation sites (tertiary alicyclic amines) is 1. The monoisotopic (exact) mass is 222 g/mol. The van der Waals surface area contributed by atoms with Crippen molar-refractivity contribution in [3.63, 3.8) is 0 Å². The van der Waals surface area contributed by atoms with Crippen LogP contribution in [-0.2, 0) is 4.79 Å². The summed E-state index contributed by atoms with van der Waals surface area (Å²) < 4.78 is 0. The molecule has 1 aliphatic carbocycles. The molecule has 0 spiro atoms. The summed E-state index contributed by atoms with van der Waals surface area (Å²) in [4.78, 5) is 14.4. The average Bonchev–Trinajstić information content (AvgIpc) is 3.04. The second-order valence-corrected chi connectivity index (χ2v) is 5.57. The molecule has 3 fully saturated rings. The van der Waals surface area contributed by atoms with E-state index in [1.54, 1.807) is 0 Å². The molecule has 90 valence electrons. The van der Waals surface area contributed by atoms with Crippen molar-refractivity contribution in [1.29, 1.82) is 0 Å². The molecule has 2 saturated heterocycles. The van der Waals surface area contributed by atoms with Gasteiger partial charge in [-0.15, -0.1) is 0 Å². The van der Waals surface area contributed by atoms with Crippen molar-refractivity contribution in [2.24, 2.45) is 5.92 Å². The molecule has 3 nitrogen and oxygen atoms in total. The molecule has 0 radical (unpaired) electrons. The molecule has 1 saturated carbocycles. The van der Waals surface area contributed by atoms with Gasteiger partial charge >= 0.3 is 0 Å². The topological polar surface area (TPSA) is 32.3 Å². The van der Waals surface area contributed by atoms with E-state index in [0.717, 1.165) is 25.9 Å². The van der Waals surface area contributed by atoms with Gasteiger partial charge in [0.2, 0.25) is 5.91 Å². The molecule has 3 rings (SSSR count). The van der Waals surface area contributed by atoms with Gasteiger partial charge in [0.1, 0.15) is 0 Å². The highest BCUT2D eigenvalue weighted by Crippen LogP contribution is 2.34. The first-order valence-electron chi connectivity index (χ1n) is 6.90. The second-order valence-electron chi connectivity index (χ2n) is 5.57. The molecule has 2 unspecified atom stereocenters. The lowest BCUT2D eigenvalue weighted by molar-refractivity contribution is -0.136. The SMILES string of the molecule is O=C(C1CC1)N1CCCCC1C1CCCN1. The number of hydrogen-bond acceptors (Lipinski definition) is 2. The minimum atomic E-state index is 0.391. The first kappa shape index (κ1) is 10.6. The Bertz CT molecular complexity index is 269. The Morgan fingerprint density at radius 3 is 2.62 bits per heavy atom. The molecule has 16 heavy (non-hydrogen) atoms. The highest BCUT2D eigenvalue weighted by Gasteiger charge is 2.40. The molecule has 0 bridgehead atoms. The summed E-state index contributed by atoms with van der Waals surface area (Å²) >= 11 is 0. The zero-order valence-electron chi connectivity index (χ0n) is 9.95. The molecule has 2 atom stereocenters. The summed E-state index contributed by atoms with van der Waals surface area (Å²) in [6, 6.07) is 1.09. The summed E-state index contributed by atoms with van der Waals surface area (Å²) in [6.07, 6.45) is 8.56. The Hall–Kier alpha value is -0.570. The van der Waals surface area contributed by atoms with Gasteiger partial charge in [-0.3, -0.25) is 4.79 Å². The number of nitrogens with one attached hydrogen (secondary N) is 1. The van der Waals surface area contributed by atoms with Gasteiger partial charge in [-0.25, -0.2) is 0 Å². The molecule has 2 aliphatic heterocycles. The first-order valence-corrected chi connectivity index (χ1v) is 6.90. The third-order valence-corrected chi connectivity index (χ3v) is 4.32. The second kappa shape index (κ2) is 4.36. The molecule has 1 amide bonds. The van der Waals surface area contributed by atoms with Crippen LogP contribution in [0.5, 0.6) is 0 Å². The van der Waals surface area contributed by atoms with Crippen molar-refractivity contribution in [3.8, 4) is 0 Å². The standard InChI is InChI=1S/C13H22N2O/c16-13(10-6-7-10)15-9-2-1-5-12(15)11-4-3-8-14-11/h10-12,14H,1-9H2. The van der Waals surface area contributed by atoms with Crippen molar-refractivity contribution >= 4 is 5.91 Å². The van der Waals surface area contributed by atoms with E-state index in [2.05, 4.69) is 10.2 Å². The van der Waals surface area contributed by atoms with E-state index in [0.29, 0.717) is 23.9 Å². The highest BCUT2D eigenvalue weighted by atomic mass is 16.2. The minimum absolute atomic E-state index is 0.391. The lowest BCUT2D eigenvalue weighted by Gasteiger charge is -2.39. The normalized spacial score (nSPS) is 35.4. The van der Waals surface area contributed by atoms with Crippen LogP contribution in [0.4, 0.5) is 0 Å². The predicted octanol–water partition coefficient (Wildman–Crippen LogP) is 1.53. The van der Waals surface area contributed by atoms with Crippen molar-refractivity contribution < 1.29 is 4.79 Å². The quantitative estimate of drug-likeness (QED) is 0.768. The van der Waals surface area contributed by atoms with Gasteiger partial charge in [0, 0.05) is 24.5 Å². The third-order valence-electron chi connectivity index (χ3n) is 4.32. The smallest absolute Gasteiger partial charge is 0.225 e. The Kier molecular flexibility index (Phi) is 2.88. The van der Waals surface area contributed by atoms with Gasteiger partial charge in [0.25, 0.3) is 0 Å². The molecular weight excluding hydrogens is 200 g/mol. The molecule has 0 aromatic heterocycles. The molecule has 1 N–H and O–H groups in total. The number of nitrogens with zero attached hydrogens (tertiary/aromatic N) is 1. The van der Waals surface area contributed by atoms with Crippen molar-refractivity contribution in [2.45, 2.75) is 57.0 Å². The van der Waals surface area contributed by atoms with Crippen LogP contribution in [0.1, 0.15) is 44.9 Å². The number of carbonyl (C=O) groups is 1. The van der Waals surface area contributed by atoms with Crippen molar-refractivity contribution in [3.05, 3.63) is 0 Å². The van der Waals surface area contributed by atoms with E-state index in [-0.39, 0.29) is 0 Å². The van der Waals surface area contributed by atoms with Crippen LogP contribution in [0.3, 0.4) is 0 Å². The number of hydrogen-bond donors (Lipinski definition) is 1. The van der Waals surface area contributed by atoms with E-state index in [9.17, 15) is 4.79 Å². The fourth-order valence-corrected chi connectivity index (χ4v) is 3.25. The minimum Gasteiger partial charge on any atom is -0.338 e. The number of rotatable bonds is 2. The van der Waals surface area contributed by atoms with Crippen LogP contribution in [-0.4, -0.2) is 36.0 Å². The summed E-state index contributed by atoms with van der Waals surface area (Å²) in [5, 5.41) is 3.58. The van der Waals surface area contributed by atoms with Gasteiger partial charge in [-0.1, -0.05) is 0 Å². The van der Waals surface area contributed by atoms with Crippen LogP contribution < -0.4 is 5.32 Å². The lowest BCUT2D eigenvalue weighted by Crippen LogP contribution is -2.53. The lowest BCUT2D eigenvalue weighted by atomic mass is 9.94. The van der Waals surface area contributed by atoms with Crippen LogP contribution in [0, 0.1) is 5.92 Å². The van der Waals surface area contributed by atoms with Crippen molar-refractivity contribution in [1.82, 2.24) is 10.2 Å². The number of carbonyl (C=O) groups excluding carboxylic acids is 1. The Morgan fingerprint density at radius 2 is 1.94 bits per heavy atom. The van der Waals surface area contributed by atoms with Crippen molar-refractivity contribution in [2.75, 3.05) is 13.1 Å². The zero-order chi connectivity index (χ0) is 11.0. The molecule has 2 heterocycles. The van der Waals surface area contributed by atoms with E-state index in [1.807, 2.05) is 0 Å². The summed E-state index contributed by atoms with van der Waals surface area (Å²) in [7, 11) is 0. The van der Waals surface area contributed by atoms with E-state index in [1.165, 1.54) is 32.1 Å². The highest BCUT2D eigenvalue weighted by molar-refractivity contribution is 5.81.